The molecule has 1 N–H and O–H groups in total. The van der Waals surface area contributed by atoms with Gasteiger partial charge in [0.15, 0.2) is 0 Å². The molecule has 0 saturated carbocycles. The molecule has 8 heteroatoms. The van der Waals surface area contributed by atoms with Crippen molar-refractivity contribution in [2.24, 2.45) is 0 Å². The molecule has 0 bridgehead atoms. The van der Waals surface area contributed by atoms with Gasteiger partial charge in [-0.2, -0.15) is 13.2 Å². The number of amides is 1. The highest BCUT2D eigenvalue weighted by molar-refractivity contribution is 8.00. The molecular formula is C16H15F3N2O2S. The number of rotatable bonds is 6. The fraction of sp³-hybridized carbons (Fsp3) is 0.250. The maximum atomic E-state index is 12.3. The lowest BCUT2D eigenvalue weighted by Crippen LogP contribution is -2.23. The second kappa shape index (κ2) is 8.05. The van der Waals surface area contributed by atoms with Crippen LogP contribution in [0.3, 0.4) is 0 Å². The molecule has 1 heterocycles. The number of nitrogens with zero attached hydrogens (tertiary/aromatic N) is 1. The Labute approximate surface area is 141 Å². The van der Waals surface area contributed by atoms with Gasteiger partial charge in [0.05, 0.1) is 6.61 Å². The molecule has 0 saturated heterocycles. The summed E-state index contributed by atoms with van der Waals surface area (Å²) >= 11 is -0.218. The van der Waals surface area contributed by atoms with Gasteiger partial charge >= 0.3 is 5.51 Å². The van der Waals surface area contributed by atoms with Crippen molar-refractivity contribution in [1.82, 2.24) is 10.3 Å². The summed E-state index contributed by atoms with van der Waals surface area (Å²) in [5.41, 5.74) is -3.35. The summed E-state index contributed by atoms with van der Waals surface area (Å²) in [7, 11) is 0. The minimum Gasteiger partial charge on any atom is -0.478 e. The van der Waals surface area contributed by atoms with Crippen molar-refractivity contribution >= 4 is 17.7 Å². The quantitative estimate of drug-likeness (QED) is 0.794. The van der Waals surface area contributed by atoms with Crippen molar-refractivity contribution in [1.29, 1.82) is 0 Å². The molecule has 0 radical (unpaired) electrons. The minimum atomic E-state index is -4.35. The Morgan fingerprint density at radius 3 is 2.58 bits per heavy atom. The lowest BCUT2D eigenvalue weighted by Gasteiger charge is -2.10. The second-order valence-electron chi connectivity index (χ2n) is 4.66. The molecular weight excluding hydrogens is 341 g/mol. The number of thioether (sulfide) groups is 1. The molecule has 0 spiro atoms. The van der Waals surface area contributed by atoms with E-state index < -0.39 is 5.51 Å². The van der Waals surface area contributed by atoms with Gasteiger partial charge in [-0.3, -0.25) is 4.79 Å². The Kier molecular flexibility index (Phi) is 6.08. The molecule has 1 aromatic carbocycles. The number of carbonyl (C=O) groups excluding carboxylic acids is 1. The number of pyridine rings is 1. The summed E-state index contributed by atoms with van der Waals surface area (Å²) in [6.45, 7) is 2.49. The Morgan fingerprint density at radius 1 is 1.25 bits per heavy atom. The van der Waals surface area contributed by atoms with Crippen LogP contribution in [0.4, 0.5) is 13.2 Å². The molecule has 128 valence electrons. The van der Waals surface area contributed by atoms with Crippen LogP contribution >= 0.6 is 11.8 Å². The predicted octanol–water partition coefficient (Wildman–Crippen LogP) is 4.02. The van der Waals surface area contributed by atoms with E-state index in [2.05, 4.69) is 10.3 Å². The van der Waals surface area contributed by atoms with Crippen LogP contribution in [0.5, 0.6) is 5.88 Å². The van der Waals surface area contributed by atoms with E-state index in [1.54, 1.807) is 18.3 Å². The number of carbonyl (C=O) groups is 1. The highest BCUT2D eigenvalue weighted by atomic mass is 32.2. The zero-order valence-electron chi connectivity index (χ0n) is 12.8. The van der Waals surface area contributed by atoms with Crippen LogP contribution < -0.4 is 10.1 Å². The smallest absolute Gasteiger partial charge is 0.446 e. The monoisotopic (exact) mass is 356 g/mol. The van der Waals surface area contributed by atoms with Crippen molar-refractivity contribution in [2.75, 3.05) is 6.61 Å². The Morgan fingerprint density at radius 2 is 1.96 bits per heavy atom. The molecule has 2 aromatic rings. The van der Waals surface area contributed by atoms with Gasteiger partial charge in [-0.25, -0.2) is 4.98 Å². The Hall–Kier alpha value is -2.22. The van der Waals surface area contributed by atoms with Crippen LogP contribution in [0, 0.1) is 0 Å². The van der Waals surface area contributed by atoms with E-state index in [9.17, 15) is 18.0 Å². The number of aromatic nitrogens is 1. The molecule has 0 fully saturated rings. The number of halogens is 3. The highest BCUT2D eigenvalue weighted by Crippen LogP contribution is 2.36. The average Bonchev–Trinajstić information content (AvgIpc) is 2.53. The van der Waals surface area contributed by atoms with Crippen LogP contribution in [0.2, 0.25) is 0 Å². The molecule has 0 atom stereocenters. The Bertz CT molecular complexity index is 690. The van der Waals surface area contributed by atoms with E-state index in [0.29, 0.717) is 12.5 Å². The van der Waals surface area contributed by atoms with Crippen molar-refractivity contribution in [3.8, 4) is 5.88 Å². The van der Waals surface area contributed by atoms with Gasteiger partial charge in [0.25, 0.3) is 5.91 Å². The van der Waals surface area contributed by atoms with Crippen molar-refractivity contribution < 1.29 is 22.7 Å². The number of alkyl halides is 3. The standard InChI is InChI=1S/C16H15F3N2O2S/c1-2-23-15-12(4-3-9-20-15)10-21-14(22)11-5-7-13(8-6-11)24-16(17,18)19/h3-9H,2,10H2,1H3,(H,21,22). The van der Waals surface area contributed by atoms with Crippen LogP contribution in [0.15, 0.2) is 47.5 Å². The summed E-state index contributed by atoms with van der Waals surface area (Å²) in [4.78, 5) is 16.2. The first-order valence-corrected chi connectivity index (χ1v) is 7.91. The molecule has 24 heavy (non-hydrogen) atoms. The first kappa shape index (κ1) is 18.1. The summed E-state index contributed by atoms with van der Waals surface area (Å²) < 4.78 is 42.2. The van der Waals surface area contributed by atoms with Crippen molar-refractivity contribution in [3.05, 3.63) is 53.7 Å². The minimum absolute atomic E-state index is 0.0324. The van der Waals surface area contributed by atoms with Crippen LogP contribution in [-0.2, 0) is 6.54 Å². The molecule has 0 unspecified atom stereocenters. The number of hydrogen-bond donors (Lipinski definition) is 1. The second-order valence-corrected chi connectivity index (χ2v) is 5.79. The zero-order chi connectivity index (χ0) is 17.6. The number of ether oxygens (including phenoxy) is 1. The van der Waals surface area contributed by atoms with Gasteiger partial charge in [0.1, 0.15) is 0 Å². The summed E-state index contributed by atoms with van der Waals surface area (Å²) in [6, 6.07) is 8.76. The topological polar surface area (TPSA) is 51.2 Å². The van der Waals surface area contributed by atoms with Crippen LogP contribution in [0.1, 0.15) is 22.8 Å². The molecule has 0 aliphatic carbocycles. The van der Waals surface area contributed by atoms with E-state index >= 15 is 0 Å². The van der Waals surface area contributed by atoms with E-state index in [1.807, 2.05) is 6.92 Å². The van der Waals surface area contributed by atoms with Crippen molar-refractivity contribution in [2.45, 2.75) is 23.9 Å². The van der Waals surface area contributed by atoms with Gasteiger partial charge in [0, 0.05) is 28.8 Å². The van der Waals surface area contributed by atoms with Gasteiger partial charge in [-0.1, -0.05) is 6.07 Å². The molecule has 4 nitrogen and oxygen atoms in total. The highest BCUT2D eigenvalue weighted by Gasteiger charge is 2.29. The maximum Gasteiger partial charge on any atom is 0.446 e. The van der Waals surface area contributed by atoms with E-state index in [-0.39, 0.29) is 34.7 Å². The first-order valence-electron chi connectivity index (χ1n) is 7.09. The lowest BCUT2D eigenvalue weighted by molar-refractivity contribution is -0.0328. The Balaban J connectivity index is 1.98. The first-order chi connectivity index (χ1) is 11.4. The third kappa shape index (κ3) is 5.45. The molecule has 0 aliphatic heterocycles. The summed E-state index contributed by atoms with van der Waals surface area (Å²) in [5.74, 6) is 0.0575. The largest absolute Gasteiger partial charge is 0.478 e. The fourth-order valence-corrected chi connectivity index (χ4v) is 2.45. The molecule has 1 aromatic heterocycles. The van der Waals surface area contributed by atoms with Crippen LogP contribution in [-0.4, -0.2) is 23.0 Å². The predicted molar refractivity (Wildman–Crippen MR) is 84.9 cm³/mol. The molecule has 1 amide bonds. The molecule has 0 aliphatic rings. The molecule has 2 rings (SSSR count). The fourth-order valence-electron chi connectivity index (χ4n) is 1.91. The van der Waals surface area contributed by atoms with E-state index in [1.165, 1.54) is 24.3 Å². The van der Waals surface area contributed by atoms with Gasteiger partial charge < -0.3 is 10.1 Å². The number of nitrogens with one attached hydrogen (secondary N) is 1. The van der Waals surface area contributed by atoms with Gasteiger partial charge in [0.2, 0.25) is 5.88 Å². The number of benzene rings is 1. The lowest BCUT2D eigenvalue weighted by atomic mass is 10.2. The van der Waals surface area contributed by atoms with Crippen LogP contribution in [0.25, 0.3) is 0 Å². The maximum absolute atomic E-state index is 12.3. The third-order valence-electron chi connectivity index (χ3n) is 2.92. The van der Waals surface area contributed by atoms with E-state index in [0.717, 1.165) is 5.56 Å². The van der Waals surface area contributed by atoms with Crippen molar-refractivity contribution in [3.63, 3.8) is 0 Å². The van der Waals surface area contributed by atoms with Gasteiger partial charge in [-0.05, 0) is 49.0 Å². The normalized spacial score (nSPS) is 11.2. The number of hydrogen-bond acceptors (Lipinski definition) is 4. The average molecular weight is 356 g/mol. The third-order valence-corrected chi connectivity index (χ3v) is 3.66. The zero-order valence-corrected chi connectivity index (χ0v) is 13.6. The SMILES string of the molecule is CCOc1ncccc1CNC(=O)c1ccc(SC(F)(F)F)cc1. The van der Waals surface area contributed by atoms with Gasteiger partial charge in [-0.15, -0.1) is 0 Å². The summed E-state index contributed by atoms with van der Waals surface area (Å²) in [6.07, 6.45) is 1.59. The summed E-state index contributed by atoms with van der Waals surface area (Å²) in [5, 5.41) is 2.69. The van der Waals surface area contributed by atoms with E-state index in [4.69, 9.17) is 4.74 Å².